The topological polar surface area (TPSA) is 117 Å². The minimum atomic E-state index is -1.05. The van der Waals surface area contributed by atoms with E-state index in [1.807, 2.05) is 32.6 Å². The van der Waals surface area contributed by atoms with Gasteiger partial charge in [-0.3, -0.25) is 14.7 Å². The molecule has 0 saturated carbocycles. The van der Waals surface area contributed by atoms with Crippen LogP contribution >= 0.6 is 11.3 Å². The molecule has 2 saturated heterocycles. The van der Waals surface area contributed by atoms with Gasteiger partial charge >= 0.3 is 18.0 Å². The fourth-order valence-corrected chi connectivity index (χ4v) is 6.37. The molecule has 1 aromatic heterocycles. The summed E-state index contributed by atoms with van der Waals surface area (Å²) in [5, 5.41) is 5.49. The molecule has 2 aromatic rings. The lowest BCUT2D eigenvalue weighted by atomic mass is 9.91. The highest BCUT2D eigenvalue weighted by Gasteiger charge is 2.50. The fourth-order valence-electron chi connectivity index (χ4n) is 5.78. The van der Waals surface area contributed by atoms with Crippen molar-refractivity contribution in [2.24, 2.45) is 4.99 Å². The molecule has 4 heterocycles. The van der Waals surface area contributed by atoms with E-state index in [0.29, 0.717) is 36.2 Å². The fraction of sp³-hybridized carbons (Fsp3) is 0.500. The molecule has 0 spiro atoms. The number of methoxy groups -OCH3 is 2. The predicted molar refractivity (Wildman–Crippen MR) is 163 cm³/mol. The summed E-state index contributed by atoms with van der Waals surface area (Å²) in [4.78, 5) is 54.0. The lowest BCUT2D eigenvalue weighted by Crippen LogP contribution is -2.62. The zero-order valence-corrected chi connectivity index (χ0v) is 26.7. The Balaban J connectivity index is 0.00000180. The third kappa shape index (κ3) is 6.05. The van der Waals surface area contributed by atoms with Crippen molar-refractivity contribution in [1.29, 1.82) is 0 Å². The smallest absolute Gasteiger partial charge is 0.338 e. The van der Waals surface area contributed by atoms with Crippen LogP contribution in [0.5, 0.6) is 0 Å². The van der Waals surface area contributed by atoms with Gasteiger partial charge in [0.1, 0.15) is 12.1 Å². The van der Waals surface area contributed by atoms with Crippen LogP contribution in [0.25, 0.3) is 0 Å². The standard InChI is InChI=1S/C28H32F2N6O5S.C2H6.H2/c1-14(2)36-13-19-23(27(38)41-5)34(9-10-35(19)28(36)39)12-18-20(26(37)40-4)22(16-6-7-17(29)21(30)15(16)3)33-24(32-18)25-31-8-11-42-25;1-2;/h6-8,11,14,19,22-23H,9-10,12-13H2,1-5H3,(H,32,33);1-2H3;1H/t19-,22-,23+;;/m0../s1. The number of urea groups is 1. The predicted octanol–water partition coefficient (Wildman–Crippen LogP) is 3.89. The highest BCUT2D eigenvalue weighted by Crippen LogP contribution is 2.37. The van der Waals surface area contributed by atoms with Crippen LogP contribution in [-0.4, -0.2) is 102 Å². The second-order valence-electron chi connectivity index (χ2n) is 10.5. The molecule has 11 nitrogen and oxygen atoms in total. The summed E-state index contributed by atoms with van der Waals surface area (Å²) in [5.74, 6) is -2.95. The van der Waals surface area contributed by atoms with E-state index in [2.05, 4.69) is 10.3 Å². The summed E-state index contributed by atoms with van der Waals surface area (Å²) in [5.41, 5.74) is 0.739. The van der Waals surface area contributed by atoms with Crippen molar-refractivity contribution < 1.29 is 34.1 Å². The van der Waals surface area contributed by atoms with Gasteiger partial charge in [-0.25, -0.2) is 23.4 Å². The van der Waals surface area contributed by atoms with E-state index in [0.717, 1.165) is 6.07 Å². The number of amidine groups is 1. The van der Waals surface area contributed by atoms with Crippen LogP contribution in [0.3, 0.4) is 0 Å². The van der Waals surface area contributed by atoms with Crippen molar-refractivity contribution in [1.82, 2.24) is 25.0 Å². The first kappa shape index (κ1) is 33.0. The molecule has 2 fully saturated rings. The molecule has 5 rings (SSSR count). The lowest BCUT2D eigenvalue weighted by molar-refractivity contribution is -0.150. The number of aromatic nitrogens is 1. The molecular weight excluding hydrogens is 594 g/mol. The van der Waals surface area contributed by atoms with Gasteiger partial charge in [0.25, 0.3) is 0 Å². The number of hydrogen-bond donors (Lipinski definition) is 1. The van der Waals surface area contributed by atoms with Crippen molar-refractivity contribution in [2.45, 2.75) is 58.8 Å². The number of aliphatic imine (C=N–C) groups is 1. The third-order valence-corrected chi connectivity index (χ3v) is 8.71. The van der Waals surface area contributed by atoms with Crippen LogP contribution in [0, 0.1) is 18.6 Å². The Hall–Kier alpha value is -3.91. The Morgan fingerprint density at radius 1 is 1.18 bits per heavy atom. The molecule has 2 amide bonds. The van der Waals surface area contributed by atoms with Crippen molar-refractivity contribution >= 4 is 35.1 Å². The zero-order chi connectivity index (χ0) is 32.3. The van der Waals surface area contributed by atoms with E-state index in [-0.39, 0.29) is 36.7 Å². The molecule has 0 bridgehead atoms. The number of rotatable bonds is 7. The van der Waals surface area contributed by atoms with Crippen molar-refractivity contribution in [3.8, 4) is 0 Å². The third-order valence-electron chi connectivity index (χ3n) is 7.93. The van der Waals surface area contributed by atoms with Gasteiger partial charge in [-0.1, -0.05) is 19.9 Å². The number of piperazine rings is 1. The van der Waals surface area contributed by atoms with Gasteiger partial charge in [0.2, 0.25) is 0 Å². The summed E-state index contributed by atoms with van der Waals surface area (Å²) < 4.78 is 39.1. The second kappa shape index (κ2) is 13.8. The van der Waals surface area contributed by atoms with E-state index in [4.69, 9.17) is 14.5 Å². The van der Waals surface area contributed by atoms with Gasteiger partial charge < -0.3 is 24.6 Å². The van der Waals surface area contributed by atoms with Crippen LogP contribution < -0.4 is 5.32 Å². The quantitative estimate of drug-likeness (QED) is 0.456. The van der Waals surface area contributed by atoms with Gasteiger partial charge in [0.05, 0.1) is 25.8 Å². The number of halogens is 2. The van der Waals surface area contributed by atoms with Crippen molar-refractivity contribution in [3.63, 3.8) is 0 Å². The molecular formula is C30H40F2N6O5S. The molecule has 3 atom stereocenters. The number of carbonyl (C=O) groups is 3. The van der Waals surface area contributed by atoms with E-state index < -0.39 is 41.7 Å². The minimum absolute atomic E-state index is 0. The molecule has 1 N–H and O–H groups in total. The molecule has 1 aromatic carbocycles. The summed E-state index contributed by atoms with van der Waals surface area (Å²) in [7, 11) is 2.52. The van der Waals surface area contributed by atoms with E-state index >= 15 is 0 Å². The normalized spacial score (nSPS) is 21.8. The Morgan fingerprint density at radius 2 is 1.91 bits per heavy atom. The first-order valence-corrected chi connectivity index (χ1v) is 15.3. The maximum absolute atomic E-state index is 14.7. The molecule has 0 aliphatic carbocycles. The maximum Gasteiger partial charge on any atom is 0.338 e. The highest BCUT2D eigenvalue weighted by molar-refractivity contribution is 7.11. The number of amides is 2. The van der Waals surface area contributed by atoms with Crippen LogP contribution in [0.2, 0.25) is 0 Å². The largest absolute Gasteiger partial charge is 0.468 e. The average Bonchev–Trinajstić information content (AvgIpc) is 3.68. The van der Waals surface area contributed by atoms with E-state index in [9.17, 15) is 23.2 Å². The Labute approximate surface area is 261 Å². The Morgan fingerprint density at radius 3 is 2.52 bits per heavy atom. The molecule has 0 radical (unpaired) electrons. The van der Waals surface area contributed by atoms with Crippen LogP contribution in [-0.2, 0) is 19.1 Å². The van der Waals surface area contributed by atoms with Gasteiger partial charge in [-0.2, -0.15) is 0 Å². The van der Waals surface area contributed by atoms with Crippen LogP contribution in [0.4, 0.5) is 13.6 Å². The molecule has 0 unspecified atom stereocenters. The molecule has 240 valence electrons. The first-order valence-electron chi connectivity index (χ1n) is 14.5. The summed E-state index contributed by atoms with van der Waals surface area (Å²) in [6.45, 7) is 10.3. The first-order chi connectivity index (χ1) is 21.1. The van der Waals surface area contributed by atoms with Crippen LogP contribution in [0.1, 0.15) is 51.3 Å². The number of thiazole rings is 1. The monoisotopic (exact) mass is 634 g/mol. The molecule has 3 aliphatic rings. The maximum atomic E-state index is 14.7. The summed E-state index contributed by atoms with van der Waals surface area (Å²) in [6, 6.07) is -0.143. The van der Waals surface area contributed by atoms with Crippen molar-refractivity contribution in [2.75, 3.05) is 40.4 Å². The summed E-state index contributed by atoms with van der Waals surface area (Å²) >= 11 is 1.31. The molecule has 3 aliphatic heterocycles. The average molecular weight is 635 g/mol. The van der Waals surface area contributed by atoms with Crippen LogP contribution in [0.15, 0.2) is 40.0 Å². The molecule has 14 heteroatoms. The number of benzene rings is 1. The van der Waals surface area contributed by atoms with Gasteiger partial charge in [0, 0.05) is 50.9 Å². The summed E-state index contributed by atoms with van der Waals surface area (Å²) in [6.07, 6.45) is 1.60. The number of fused-ring (bicyclic) bond motifs is 1. The number of esters is 2. The number of ether oxygens (including phenoxy) is 2. The second-order valence-corrected chi connectivity index (χ2v) is 11.4. The Bertz CT molecular complexity index is 1470. The number of carbonyl (C=O) groups excluding carboxylic acids is 3. The SMILES string of the molecule is CC.COC(=O)C1=C(CN2CCN3C(=O)N(C(C)C)C[C@H]3[C@@H]2C(=O)OC)NC(c2nccs2)=N[C@H]1c1ccc(F)c(F)c1C.[HH]. The zero-order valence-electron chi connectivity index (χ0n) is 25.9. The number of nitrogens with one attached hydrogen (secondary N) is 1. The molecule has 44 heavy (non-hydrogen) atoms. The van der Waals surface area contributed by atoms with E-state index in [1.165, 1.54) is 38.5 Å². The highest BCUT2D eigenvalue weighted by atomic mass is 32.1. The van der Waals surface area contributed by atoms with Gasteiger partial charge in [0.15, 0.2) is 22.5 Å². The number of nitrogens with zero attached hydrogens (tertiary/aromatic N) is 5. The lowest BCUT2D eigenvalue weighted by Gasteiger charge is -2.43. The van der Waals surface area contributed by atoms with Gasteiger partial charge in [-0.05, 0) is 38.0 Å². The van der Waals surface area contributed by atoms with Gasteiger partial charge in [-0.15, -0.1) is 11.3 Å². The Kier molecular flexibility index (Phi) is 10.4. The number of hydrogen-bond acceptors (Lipinski definition) is 10. The van der Waals surface area contributed by atoms with E-state index in [1.54, 1.807) is 21.4 Å². The van der Waals surface area contributed by atoms with Crippen molar-refractivity contribution in [3.05, 3.63) is 62.7 Å². The minimum Gasteiger partial charge on any atom is -0.468 e.